The number of aliphatic hydroxyl groups excluding tert-OH is 2. The van der Waals surface area contributed by atoms with Crippen LogP contribution in [0.4, 0.5) is 9.59 Å². The Morgan fingerprint density at radius 3 is 1.69 bits per heavy atom. The molecule has 0 saturated carbocycles. The van der Waals surface area contributed by atoms with Gasteiger partial charge in [0.15, 0.2) is 0 Å². The van der Waals surface area contributed by atoms with Crippen LogP contribution >= 0.6 is 70.6 Å². The van der Waals surface area contributed by atoms with E-state index in [-0.39, 0.29) is 26.4 Å². The molecular formula is C19H36N4O10S6. The number of alkyl carbamates (subject to hydrolysis) is 2. The van der Waals surface area contributed by atoms with Gasteiger partial charge < -0.3 is 40.1 Å². The fourth-order valence-corrected chi connectivity index (χ4v) is 6.40. The zero-order chi connectivity index (χ0) is 28.5. The molecule has 4 N–H and O–H groups in total. The first-order chi connectivity index (χ1) is 19.2. The highest BCUT2D eigenvalue weighted by molar-refractivity contribution is 8.16. The van der Waals surface area contributed by atoms with E-state index in [2.05, 4.69) is 35.1 Å². The van der Waals surface area contributed by atoms with Gasteiger partial charge in [-0.15, -0.1) is 70.6 Å². The third kappa shape index (κ3) is 33.5. The topological polar surface area (TPSA) is 179 Å². The Kier molecular flexibility index (Phi) is 33.1. The van der Waals surface area contributed by atoms with Crippen molar-refractivity contribution < 1.29 is 48.8 Å². The monoisotopic (exact) mass is 672 g/mol. The van der Waals surface area contributed by atoms with Crippen LogP contribution in [0.15, 0.2) is 9.98 Å². The third-order valence-electron chi connectivity index (χ3n) is 3.11. The van der Waals surface area contributed by atoms with Gasteiger partial charge in [-0.3, -0.25) is 0 Å². The summed E-state index contributed by atoms with van der Waals surface area (Å²) in [5.41, 5.74) is 0. The average molecular weight is 673 g/mol. The summed E-state index contributed by atoms with van der Waals surface area (Å²) in [4.78, 5) is 49.7. The van der Waals surface area contributed by atoms with Crippen molar-refractivity contribution in [3.63, 3.8) is 0 Å². The second-order valence-electron chi connectivity index (χ2n) is 6.02. The predicted octanol–water partition coefficient (Wildman–Crippen LogP) is 2.48. The van der Waals surface area contributed by atoms with E-state index in [1.165, 1.54) is 36.3 Å². The van der Waals surface area contributed by atoms with Crippen LogP contribution in [0.2, 0.25) is 0 Å². The van der Waals surface area contributed by atoms with Crippen molar-refractivity contribution in [2.75, 3.05) is 89.9 Å². The number of thioether (sulfide) groups is 6. The first-order valence-electron chi connectivity index (χ1n) is 11.2. The number of nitrogens with one attached hydrogen (secondary N) is 2. The number of hydrogen-bond acceptors (Lipinski definition) is 18. The van der Waals surface area contributed by atoms with Crippen LogP contribution in [0, 0.1) is 0 Å². The molecule has 0 spiro atoms. The summed E-state index contributed by atoms with van der Waals surface area (Å²) in [6.07, 6.45) is 1.45. The van der Waals surface area contributed by atoms with E-state index in [1.54, 1.807) is 47.0 Å². The molecule has 0 aliphatic heterocycles. The van der Waals surface area contributed by atoms with E-state index >= 15 is 0 Å². The molecule has 0 bridgehead atoms. The quantitative estimate of drug-likeness (QED) is 0.0238. The molecule has 0 aliphatic carbocycles. The highest BCUT2D eigenvalue weighted by Gasteiger charge is 2.01. The predicted molar refractivity (Wildman–Crippen MR) is 164 cm³/mol. The van der Waals surface area contributed by atoms with Crippen molar-refractivity contribution in [1.82, 2.24) is 10.6 Å². The third-order valence-corrected chi connectivity index (χ3v) is 9.38. The summed E-state index contributed by atoms with van der Waals surface area (Å²) in [5.74, 6) is 3.33. The van der Waals surface area contributed by atoms with Gasteiger partial charge in [0.05, 0.1) is 36.7 Å². The van der Waals surface area contributed by atoms with Crippen LogP contribution in [0.3, 0.4) is 0 Å². The van der Waals surface area contributed by atoms with Crippen molar-refractivity contribution in [1.29, 1.82) is 0 Å². The summed E-state index contributed by atoms with van der Waals surface area (Å²) in [5, 5.41) is 24.6. The largest absolute Gasteiger partial charge is 0.449 e. The number of rotatable bonds is 28. The Bertz CT molecular complexity index is 631. The van der Waals surface area contributed by atoms with Gasteiger partial charge in [-0.1, -0.05) is 0 Å². The normalized spacial score (nSPS) is 11.1. The summed E-state index contributed by atoms with van der Waals surface area (Å²) < 4.78 is 9.76. The van der Waals surface area contributed by atoms with E-state index in [0.29, 0.717) is 42.5 Å². The maximum absolute atomic E-state index is 11.6. The van der Waals surface area contributed by atoms with Gasteiger partial charge >= 0.3 is 12.2 Å². The number of nitrogens with zero attached hydrogens (tertiary/aromatic N) is 2. The lowest BCUT2D eigenvalue weighted by Gasteiger charge is -2.06. The number of aliphatic hydroxyl groups is 2. The number of aliphatic imine (C=N–C) groups is 2. The van der Waals surface area contributed by atoms with Crippen molar-refractivity contribution in [2.45, 2.75) is 0 Å². The van der Waals surface area contributed by atoms with E-state index in [1.807, 2.05) is 0 Å². The minimum atomic E-state index is -0.549. The van der Waals surface area contributed by atoms with Crippen LogP contribution in [-0.2, 0) is 29.0 Å². The Morgan fingerprint density at radius 1 is 0.641 bits per heavy atom. The molecule has 0 rings (SSSR count). The maximum Gasteiger partial charge on any atom is 0.407 e. The van der Waals surface area contributed by atoms with Crippen molar-refractivity contribution >= 4 is 95.6 Å². The molecule has 0 aromatic rings. The Morgan fingerprint density at radius 2 is 1.13 bits per heavy atom. The fraction of sp³-hybridized carbons (Fsp3) is 0.789. The molecule has 39 heavy (non-hydrogen) atoms. The molecule has 228 valence electrons. The molecule has 0 aromatic carbocycles. The van der Waals surface area contributed by atoms with Crippen LogP contribution in [-0.4, -0.2) is 125 Å². The lowest BCUT2D eigenvalue weighted by atomic mass is 10.8. The van der Waals surface area contributed by atoms with E-state index in [9.17, 15) is 9.59 Å². The van der Waals surface area contributed by atoms with Gasteiger partial charge in [-0.2, -0.15) is 9.78 Å². The maximum atomic E-state index is 11.6. The molecular weight excluding hydrogens is 637 g/mol. The summed E-state index contributed by atoms with van der Waals surface area (Å²) in [7, 11) is 0. The fourth-order valence-electron chi connectivity index (χ4n) is 1.62. The molecule has 0 fully saturated rings. The second kappa shape index (κ2) is 33.6. The van der Waals surface area contributed by atoms with Crippen LogP contribution < -0.4 is 10.6 Å². The van der Waals surface area contributed by atoms with E-state index in [4.69, 9.17) is 24.7 Å². The first-order valence-corrected chi connectivity index (χ1v) is 18.2. The molecule has 0 heterocycles. The number of hydrogen-bond donors (Lipinski definition) is 4. The average Bonchev–Trinajstić information content (AvgIpc) is 2.94. The lowest BCUT2D eigenvalue weighted by Crippen LogP contribution is -2.24. The minimum Gasteiger partial charge on any atom is -0.449 e. The Hall–Kier alpha value is -0.580. The zero-order valence-electron chi connectivity index (χ0n) is 21.3. The van der Waals surface area contributed by atoms with Gasteiger partial charge in [-0.05, 0) is 0 Å². The molecule has 0 aromatic heterocycles. The standard InChI is InChI=1S/C19H36N4O10S6/c24-1-3-28-18(26)22-13-38-16-37-12-21-10-33-31-6-8-35-15-34-7-5-29-19(27)23-14-39-17-36-11-20-9-32-30-4-2-25/h9-10,24-25H,1-8,11-17H2,(H,22,26)(H,23,27)/b20-9-,21-10+. The number of carbonyl (C=O) groups is 2. The van der Waals surface area contributed by atoms with Crippen molar-refractivity contribution in [3.05, 3.63) is 0 Å². The van der Waals surface area contributed by atoms with E-state index < -0.39 is 12.2 Å². The SMILES string of the molecule is O=C(NCSCSC/N=C\OOCCO)OCCSCSCCOO/C=N/CSCSCNC(=O)OCCO. The van der Waals surface area contributed by atoms with Gasteiger partial charge in [0.25, 0.3) is 0 Å². The van der Waals surface area contributed by atoms with Crippen molar-refractivity contribution in [3.8, 4) is 0 Å². The molecule has 0 radical (unpaired) electrons. The Balaban J connectivity index is 3.26. The van der Waals surface area contributed by atoms with Gasteiger partial charge in [0, 0.05) is 26.8 Å². The van der Waals surface area contributed by atoms with E-state index in [0.717, 1.165) is 21.0 Å². The number of ether oxygens (including phenoxy) is 2. The molecule has 0 unspecified atom stereocenters. The highest BCUT2D eigenvalue weighted by Crippen LogP contribution is 2.13. The van der Waals surface area contributed by atoms with Gasteiger partial charge in [-0.25, -0.2) is 19.6 Å². The molecule has 14 nitrogen and oxygen atoms in total. The molecule has 0 aliphatic rings. The van der Waals surface area contributed by atoms with Crippen LogP contribution in [0.5, 0.6) is 0 Å². The molecule has 20 heteroatoms. The summed E-state index contributed by atoms with van der Waals surface area (Å²) in [6, 6.07) is 0. The highest BCUT2D eigenvalue weighted by atomic mass is 32.2. The smallest absolute Gasteiger partial charge is 0.407 e. The summed E-state index contributed by atoms with van der Waals surface area (Å²) in [6.45, 7) is 0.531. The number of amides is 2. The van der Waals surface area contributed by atoms with Gasteiger partial charge in [0.1, 0.15) is 26.4 Å². The first kappa shape index (κ1) is 38.4. The minimum absolute atomic E-state index is 0.0146. The second-order valence-corrected chi connectivity index (χ2v) is 13.2. The lowest BCUT2D eigenvalue weighted by molar-refractivity contribution is -0.221. The zero-order valence-corrected chi connectivity index (χ0v) is 26.2. The summed E-state index contributed by atoms with van der Waals surface area (Å²) >= 11 is 9.49. The molecule has 0 atom stereocenters. The molecule has 2 amide bonds. The van der Waals surface area contributed by atoms with Crippen molar-refractivity contribution in [2.24, 2.45) is 9.98 Å². The van der Waals surface area contributed by atoms with Crippen LogP contribution in [0.25, 0.3) is 0 Å². The molecule has 0 saturated heterocycles. The van der Waals surface area contributed by atoms with Gasteiger partial charge in [0.2, 0.25) is 12.8 Å². The number of carbonyl (C=O) groups excluding carboxylic acids is 2. The Labute approximate surface area is 253 Å². The van der Waals surface area contributed by atoms with Crippen LogP contribution in [0.1, 0.15) is 0 Å².